The Labute approximate surface area is 183 Å². The maximum absolute atomic E-state index is 12.8. The fourth-order valence-electron chi connectivity index (χ4n) is 4.61. The van der Waals surface area contributed by atoms with Gasteiger partial charge in [-0.25, -0.2) is 0 Å². The second-order valence-electron chi connectivity index (χ2n) is 8.57. The molecule has 0 bridgehead atoms. The van der Waals surface area contributed by atoms with Crippen LogP contribution >= 0.6 is 11.8 Å². The van der Waals surface area contributed by atoms with Gasteiger partial charge in [-0.2, -0.15) is 0 Å². The summed E-state index contributed by atoms with van der Waals surface area (Å²) >= 11 is 1.54. The van der Waals surface area contributed by atoms with E-state index in [9.17, 15) is 4.79 Å². The molecule has 1 aliphatic heterocycles. The predicted octanol–water partition coefficient (Wildman–Crippen LogP) is 4.81. The smallest absolute Gasteiger partial charge is 0.233 e. The zero-order chi connectivity index (χ0) is 20.9. The number of thioether (sulfide) groups is 1. The van der Waals surface area contributed by atoms with Crippen molar-refractivity contribution < 1.29 is 9.53 Å². The molecule has 1 aliphatic carbocycles. The highest BCUT2D eigenvalue weighted by atomic mass is 32.2. The molecule has 2 fully saturated rings. The third kappa shape index (κ3) is 4.82. The van der Waals surface area contributed by atoms with Crippen molar-refractivity contribution in [1.82, 2.24) is 19.7 Å². The van der Waals surface area contributed by atoms with Crippen molar-refractivity contribution >= 4 is 17.7 Å². The van der Waals surface area contributed by atoms with Crippen LogP contribution in [-0.2, 0) is 4.79 Å². The van der Waals surface area contributed by atoms with E-state index in [1.165, 1.54) is 25.7 Å². The number of hydrogen-bond acceptors (Lipinski definition) is 5. The van der Waals surface area contributed by atoms with Crippen LogP contribution in [0.15, 0.2) is 29.4 Å². The van der Waals surface area contributed by atoms with Gasteiger partial charge in [0.25, 0.3) is 0 Å². The number of nitrogens with zero attached hydrogens (tertiary/aromatic N) is 4. The molecule has 7 heteroatoms. The van der Waals surface area contributed by atoms with Crippen LogP contribution in [0.3, 0.4) is 0 Å². The van der Waals surface area contributed by atoms with Crippen molar-refractivity contribution in [1.29, 1.82) is 0 Å². The first kappa shape index (κ1) is 21.2. The normalized spacial score (nSPS) is 20.3. The van der Waals surface area contributed by atoms with E-state index in [1.807, 2.05) is 29.2 Å². The minimum Gasteiger partial charge on any atom is -0.497 e. The molecule has 1 saturated carbocycles. The third-order valence-corrected chi connectivity index (χ3v) is 7.21. The Kier molecular flexibility index (Phi) is 6.97. The van der Waals surface area contributed by atoms with Crippen molar-refractivity contribution in [2.45, 2.75) is 63.1 Å². The summed E-state index contributed by atoms with van der Waals surface area (Å²) in [5.74, 6) is 2.97. The van der Waals surface area contributed by atoms with E-state index >= 15 is 0 Å². The maximum Gasteiger partial charge on any atom is 0.233 e. The molecule has 4 rings (SSSR count). The third-order valence-electron chi connectivity index (χ3n) is 6.29. The van der Waals surface area contributed by atoms with Crippen LogP contribution < -0.4 is 4.74 Å². The molecule has 1 atom stereocenters. The van der Waals surface area contributed by atoms with E-state index < -0.39 is 0 Å². The van der Waals surface area contributed by atoms with Gasteiger partial charge < -0.3 is 9.64 Å². The topological polar surface area (TPSA) is 60.3 Å². The summed E-state index contributed by atoms with van der Waals surface area (Å²) in [6.45, 7) is 4.00. The van der Waals surface area contributed by atoms with Crippen molar-refractivity contribution in [2.75, 3.05) is 26.0 Å². The molecule has 1 aromatic carbocycles. The lowest BCUT2D eigenvalue weighted by atomic mass is 9.95. The summed E-state index contributed by atoms with van der Waals surface area (Å²) in [4.78, 5) is 14.8. The van der Waals surface area contributed by atoms with Crippen molar-refractivity contribution in [3.63, 3.8) is 0 Å². The number of aromatic nitrogens is 3. The standard InChI is InChI=1S/C23H32N4O2S/c1-17-7-6-14-26(15-17)21(28)16-30-23-25-24-22(18-10-12-20(29-2)13-11-18)27(23)19-8-4-3-5-9-19/h10-13,17,19H,3-9,14-16H2,1-2H3/t17-/m0/s1. The van der Waals surface area contributed by atoms with E-state index in [0.29, 0.717) is 17.7 Å². The predicted molar refractivity (Wildman–Crippen MR) is 120 cm³/mol. The van der Waals surface area contributed by atoms with Crippen molar-refractivity contribution in [3.8, 4) is 17.1 Å². The molecule has 0 spiro atoms. The second-order valence-corrected chi connectivity index (χ2v) is 9.51. The van der Waals surface area contributed by atoms with Gasteiger partial charge in [-0.1, -0.05) is 37.9 Å². The Bertz CT molecular complexity index is 845. The largest absolute Gasteiger partial charge is 0.497 e. The van der Waals surface area contributed by atoms with E-state index in [0.717, 1.165) is 54.6 Å². The van der Waals surface area contributed by atoms with E-state index in [4.69, 9.17) is 4.74 Å². The Morgan fingerprint density at radius 3 is 2.57 bits per heavy atom. The molecule has 2 aliphatic rings. The van der Waals surface area contributed by atoms with Crippen LogP contribution in [0.2, 0.25) is 0 Å². The molecule has 1 aromatic heterocycles. The summed E-state index contributed by atoms with van der Waals surface area (Å²) in [6, 6.07) is 8.40. The van der Waals surface area contributed by atoms with Crippen LogP contribution in [0.5, 0.6) is 5.75 Å². The first-order valence-corrected chi connectivity index (χ1v) is 12.1. The highest BCUT2D eigenvalue weighted by Gasteiger charge is 2.26. The quantitative estimate of drug-likeness (QED) is 0.618. The SMILES string of the molecule is COc1ccc(-c2nnc(SCC(=O)N3CCC[C@H](C)C3)n2C2CCCCC2)cc1. The van der Waals surface area contributed by atoms with E-state index in [1.54, 1.807) is 18.9 Å². The first-order chi connectivity index (χ1) is 14.7. The van der Waals surface area contributed by atoms with Gasteiger partial charge in [0.2, 0.25) is 5.91 Å². The molecule has 1 amide bonds. The Morgan fingerprint density at radius 2 is 1.87 bits per heavy atom. The minimum absolute atomic E-state index is 0.218. The summed E-state index contributed by atoms with van der Waals surface area (Å²) in [7, 11) is 1.67. The molecule has 0 radical (unpaired) electrons. The molecule has 162 valence electrons. The van der Waals surface area contributed by atoms with Gasteiger partial charge in [0.1, 0.15) is 5.75 Å². The average molecular weight is 429 g/mol. The van der Waals surface area contributed by atoms with Crippen LogP contribution in [0.1, 0.15) is 57.9 Å². The monoisotopic (exact) mass is 428 g/mol. The Balaban J connectivity index is 1.54. The zero-order valence-electron chi connectivity index (χ0n) is 18.0. The van der Waals surface area contributed by atoms with Crippen molar-refractivity contribution in [2.24, 2.45) is 5.92 Å². The summed E-state index contributed by atoms with van der Waals surface area (Å²) in [6.07, 6.45) is 8.39. The molecule has 30 heavy (non-hydrogen) atoms. The number of carbonyl (C=O) groups excluding carboxylic acids is 1. The number of benzene rings is 1. The summed E-state index contributed by atoms with van der Waals surface area (Å²) in [5, 5.41) is 9.93. The molecular formula is C23H32N4O2S. The second kappa shape index (κ2) is 9.86. The number of ether oxygens (including phenoxy) is 1. The van der Waals surface area contributed by atoms with Crippen LogP contribution in [-0.4, -0.2) is 51.5 Å². The highest BCUT2D eigenvalue weighted by molar-refractivity contribution is 7.99. The van der Waals surface area contributed by atoms with Gasteiger partial charge in [-0.3, -0.25) is 9.36 Å². The number of piperidine rings is 1. The fraction of sp³-hybridized carbons (Fsp3) is 0.609. The molecule has 2 aromatic rings. The van der Waals surface area contributed by atoms with Gasteiger partial charge in [-0.15, -0.1) is 10.2 Å². The minimum atomic E-state index is 0.218. The van der Waals surface area contributed by atoms with Crippen molar-refractivity contribution in [3.05, 3.63) is 24.3 Å². The summed E-state index contributed by atoms with van der Waals surface area (Å²) < 4.78 is 7.59. The van der Waals surface area contributed by atoms with E-state index in [2.05, 4.69) is 21.7 Å². The number of rotatable bonds is 6. The average Bonchev–Trinajstić information content (AvgIpc) is 3.22. The summed E-state index contributed by atoms with van der Waals surface area (Å²) in [5.41, 5.74) is 1.04. The lowest BCUT2D eigenvalue weighted by Crippen LogP contribution is -2.40. The van der Waals surface area contributed by atoms with Gasteiger partial charge in [-0.05, 0) is 55.9 Å². The zero-order valence-corrected chi connectivity index (χ0v) is 18.9. The number of likely N-dealkylation sites (tertiary alicyclic amines) is 1. The van der Waals surface area contributed by atoms with Gasteiger partial charge >= 0.3 is 0 Å². The molecule has 6 nitrogen and oxygen atoms in total. The molecule has 2 heterocycles. The van der Waals surface area contributed by atoms with E-state index in [-0.39, 0.29) is 5.91 Å². The van der Waals surface area contributed by atoms with Crippen LogP contribution in [0.4, 0.5) is 0 Å². The molecule has 0 unspecified atom stereocenters. The fourth-order valence-corrected chi connectivity index (χ4v) is 5.52. The number of carbonyl (C=O) groups is 1. The van der Waals surface area contributed by atoms with Gasteiger partial charge in [0, 0.05) is 24.7 Å². The number of methoxy groups -OCH3 is 1. The first-order valence-electron chi connectivity index (χ1n) is 11.2. The molecule has 1 saturated heterocycles. The number of amides is 1. The lowest BCUT2D eigenvalue weighted by molar-refractivity contribution is -0.130. The van der Waals surface area contributed by atoms with Crippen LogP contribution in [0, 0.1) is 5.92 Å². The molecule has 0 N–H and O–H groups in total. The number of hydrogen-bond donors (Lipinski definition) is 0. The Hall–Kier alpha value is -2.02. The lowest BCUT2D eigenvalue weighted by Gasteiger charge is -2.31. The Morgan fingerprint density at radius 1 is 1.10 bits per heavy atom. The van der Waals surface area contributed by atoms with Gasteiger partial charge in [0.05, 0.1) is 12.9 Å². The maximum atomic E-state index is 12.8. The highest BCUT2D eigenvalue weighted by Crippen LogP contribution is 2.36. The molecular weight excluding hydrogens is 396 g/mol. The van der Waals surface area contributed by atoms with Gasteiger partial charge in [0.15, 0.2) is 11.0 Å². The van der Waals surface area contributed by atoms with Crippen LogP contribution in [0.25, 0.3) is 11.4 Å².